The standard InChI is InChI=1S/C22H28N2O5S2/c1-15(2)21(22(25)23-14-16-5-7-17(30-3)8-6-16)24-31(26,27)18-9-10-19-20(13-18)29-12-4-11-28-19/h5-10,13,15,21,24H,4,11-12,14H2,1-3H3,(H,23,25). The first-order valence-corrected chi connectivity index (χ1v) is 12.8. The summed E-state index contributed by atoms with van der Waals surface area (Å²) >= 11 is 1.64. The minimum Gasteiger partial charge on any atom is -0.490 e. The number of thioether (sulfide) groups is 1. The van der Waals surface area contributed by atoms with E-state index in [0.717, 1.165) is 16.9 Å². The Morgan fingerprint density at radius 2 is 1.74 bits per heavy atom. The fourth-order valence-corrected chi connectivity index (χ4v) is 4.85. The van der Waals surface area contributed by atoms with Crippen LogP contribution >= 0.6 is 11.8 Å². The summed E-state index contributed by atoms with van der Waals surface area (Å²) in [6.45, 7) is 4.90. The highest BCUT2D eigenvalue weighted by atomic mass is 32.2. The monoisotopic (exact) mass is 464 g/mol. The fourth-order valence-electron chi connectivity index (χ4n) is 3.08. The van der Waals surface area contributed by atoms with Crippen molar-refractivity contribution in [2.45, 2.75) is 42.6 Å². The molecule has 1 atom stereocenters. The van der Waals surface area contributed by atoms with Gasteiger partial charge in [0.15, 0.2) is 11.5 Å². The van der Waals surface area contributed by atoms with E-state index >= 15 is 0 Å². The summed E-state index contributed by atoms with van der Waals surface area (Å²) in [4.78, 5) is 13.9. The number of benzene rings is 2. The number of hydrogen-bond acceptors (Lipinski definition) is 6. The van der Waals surface area contributed by atoms with E-state index in [1.165, 1.54) is 12.1 Å². The molecule has 0 bridgehead atoms. The van der Waals surface area contributed by atoms with E-state index in [-0.39, 0.29) is 16.7 Å². The molecule has 0 saturated carbocycles. The molecule has 0 saturated heterocycles. The number of carbonyl (C=O) groups is 1. The summed E-state index contributed by atoms with van der Waals surface area (Å²) in [5, 5.41) is 2.83. The molecule has 3 rings (SSSR count). The van der Waals surface area contributed by atoms with Gasteiger partial charge in [-0.1, -0.05) is 26.0 Å². The number of amides is 1. The van der Waals surface area contributed by atoms with E-state index in [9.17, 15) is 13.2 Å². The highest BCUT2D eigenvalue weighted by Gasteiger charge is 2.29. The molecule has 0 radical (unpaired) electrons. The molecular formula is C22H28N2O5S2. The van der Waals surface area contributed by atoms with Crippen LogP contribution in [0.3, 0.4) is 0 Å². The highest BCUT2D eigenvalue weighted by molar-refractivity contribution is 7.98. The fraction of sp³-hybridized carbons (Fsp3) is 0.409. The Labute approximate surface area is 188 Å². The highest BCUT2D eigenvalue weighted by Crippen LogP contribution is 2.32. The first kappa shape index (κ1) is 23.4. The molecule has 2 aromatic rings. The van der Waals surface area contributed by atoms with Gasteiger partial charge in [0.1, 0.15) is 6.04 Å². The van der Waals surface area contributed by atoms with Crippen molar-refractivity contribution in [1.29, 1.82) is 0 Å². The van der Waals surface area contributed by atoms with Crippen LogP contribution in [0, 0.1) is 5.92 Å². The lowest BCUT2D eigenvalue weighted by atomic mass is 10.0. The predicted molar refractivity (Wildman–Crippen MR) is 121 cm³/mol. The molecule has 0 fully saturated rings. The Morgan fingerprint density at radius 1 is 1.06 bits per heavy atom. The minimum atomic E-state index is -3.94. The van der Waals surface area contributed by atoms with Crippen LogP contribution in [0.5, 0.6) is 11.5 Å². The Hall–Kier alpha value is -2.23. The molecule has 31 heavy (non-hydrogen) atoms. The Morgan fingerprint density at radius 3 is 2.39 bits per heavy atom. The van der Waals surface area contributed by atoms with Crippen molar-refractivity contribution in [3.63, 3.8) is 0 Å². The molecule has 1 aliphatic heterocycles. The number of nitrogens with one attached hydrogen (secondary N) is 2. The van der Waals surface area contributed by atoms with Crippen LogP contribution in [0.25, 0.3) is 0 Å². The molecule has 1 heterocycles. The first-order chi connectivity index (χ1) is 14.8. The molecule has 0 aromatic heterocycles. The summed E-state index contributed by atoms with van der Waals surface area (Å²) in [7, 11) is -3.94. The van der Waals surface area contributed by atoms with Gasteiger partial charge in [-0.2, -0.15) is 4.72 Å². The lowest BCUT2D eigenvalue weighted by Crippen LogP contribution is -2.49. The van der Waals surface area contributed by atoms with E-state index in [4.69, 9.17) is 9.47 Å². The normalized spacial score (nSPS) is 14.7. The van der Waals surface area contributed by atoms with Gasteiger partial charge in [-0.05, 0) is 42.0 Å². The third-order valence-corrected chi connectivity index (χ3v) is 7.07. The second kappa shape index (κ2) is 10.4. The van der Waals surface area contributed by atoms with Gasteiger partial charge in [0, 0.05) is 23.9 Å². The number of fused-ring (bicyclic) bond motifs is 1. The summed E-state index contributed by atoms with van der Waals surface area (Å²) in [5.74, 6) is 0.289. The minimum absolute atomic E-state index is 0.0304. The average Bonchev–Trinajstić information content (AvgIpc) is 3.01. The van der Waals surface area contributed by atoms with Crippen LogP contribution in [-0.4, -0.2) is 39.8 Å². The molecule has 1 unspecified atom stereocenters. The molecule has 2 aromatic carbocycles. The van der Waals surface area contributed by atoms with Gasteiger partial charge in [0.25, 0.3) is 0 Å². The van der Waals surface area contributed by atoms with E-state index in [2.05, 4.69) is 10.0 Å². The summed E-state index contributed by atoms with van der Waals surface area (Å²) in [6.07, 6.45) is 2.73. The van der Waals surface area contributed by atoms with Gasteiger partial charge < -0.3 is 14.8 Å². The summed E-state index contributed by atoms with van der Waals surface area (Å²) in [5.41, 5.74) is 0.944. The zero-order valence-corrected chi connectivity index (χ0v) is 19.5. The maximum atomic E-state index is 13.0. The molecule has 9 heteroatoms. The van der Waals surface area contributed by atoms with Crippen LogP contribution in [0.4, 0.5) is 0 Å². The van der Waals surface area contributed by atoms with E-state index in [1.54, 1.807) is 31.7 Å². The Bertz CT molecular complexity index is 1010. The predicted octanol–water partition coefficient (Wildman–Crippen LogP) is 3.19. The lowest BCUT2D eigenvalue weighted by Gasteiger charge is -2.22. The van der Waals surface area contributed by atoms with Gasteiger partial charge in [0.2, 0.25) is 15.9 Å². The number of ether oxygens (including phenoxy) is 2. The second-order valence-corrected chi connectivity index (χ2v) is 10.2. The topological polar surface area (TPSA) is 93.7 Å². The summed E-state index contributed by atoms with van der Waals surface area (Å²) < 4.78 is 39.6. The smallest absolute Gasteiger partial charge is 0.241 e. The SMILES string of the molecule is CSc1ccc(CNC(=O)C(NS(=O)(=O)c2ccc3c(c2)OCCCO3)C(C)C)cc1. The van der Waals surface area contributed by atoms with E-state index in [1.807, 2.05) is 30.5 Å². The van der Waals surface area contributed by atoms with E-state index < -0.39 is 16.1 Å². The quantitative estimate of drug-likeness (QED) is 0.583. The number of rotatable bonds is 8. The van der Waals surface area contributed by atoms with Crippen molar-refractivity contribution < 1.29 is 22.7 Å². The zero-order valence-electron chi connectivity index (χ0n) is 17.9. The van der Waals surface area contributed by atoms with Gasteiger partial charge in [0.05, 0.1) is 18.1 Å². The van der Waals surface area contributed by atoms with Gasteiger partial charge >= 0.3 is 0 Å². The molecule has 7 nitrogen and oxygen atoms in total. The third kappa shape index (κ3) is 6.15. The third-order valence-electron chi connectivity index (χ3n) is 4.89. The first-order valence-electron chi connectivity index (χ1n) is 10.1. The molecule has 2 N–H and O–H groups in total. The zero-order chi connectivity index (χ0) is 22.4. The maximum Gasteiger partial charge on any atom is 0.241 e. The average molecular weight is 465 g/mol. The van der Waals surface area contributed by atoms with Crippen LogP contribution in [0.1, 0.15) is 25.8 Å². The van der Waals surface area contributed by atoms with Crippen molar-refractivity contribution in [1.82, 2.24) is 10.0 Å². The van der Waals surface area contributed by atoms with Crippen LogP contribution in [0.2, 0.25) is 0 Å². The molecule has 0 aliphatic carbocycles. The molecule has 168 valence electrons. The maximum absolute atomic E-state index is 13.0. The van der Waals surface area contributed by atoms with Crippen molar-refractivity contribution in [2.24, 2.45) is 5.92 Å². The van der Waals surface area contributed by atoms with Crippen molar-refractivity contribution in [2.75, 3.05) is 19.5 Å². The van der Waals surface area contributed by atoms with Gasteiger partial charge in [-0.15, -0.1) is 11.8 Å². The molecular weight excluding hydrogens is 436 g/mol. The van der Waals surface area contributed by atoms with Crippen molar-refractivity contribution >= 4 is 27.7 Å². The number of sulfonamides is 1. The van der Waals surface area contributed by atoms with Crippen LogP contribution < -0.4 is 19.5 Å². The molecule has 1 aliphatic rings. The Balaban J connectivity index is 1.70. The van der Waals surface area contributed by atoms with Crippen LogP contribution in [-0.2, 0) is 21.4 Å². The van der Waals surface area contributed by atoms with Crippen molar-refractivity contribution in [3.8, 4) is 11.5 Å². The van der Waals surface area contributed by atoms with Gasteiger partial charge in [-0.3, -0.25) is 4.79 Å². The van der Waals surface area contributed by atoms with Crippen LogP contribution in [0.15, 0.2) is 52.3 Å². The molecule has 0 spiro atoms. The van der Waals surface area contributed by atoms with E-state index in [0.29, 0.717) is 31.3 Å². The molecule has 1 amide bonds. The van der Waals surface area contributed by atoms with Crippen molar-refractivity contribution in [3.05, 3.63) is 48.0 Å². The van der Waals surface area contributed by atoms with Gasteiger partial charge in [-0.25, -0.2) is 8.42 Å². The lowest BCUT2D eigenvalue weighted by molar-refractivity contribution is -0.123. The number of carbonyl (C=O) groups excluding carboxylic acids is 1. The summed E-state index contributed by atoms with van der Waals surface area (Å²) in [6, 6.07) is 11.4. The second-order valence-electron chi connectivity index (χ2n) is 7.57. The largest absolute Gasteiger partial charge is 0.490 e. The Kier molecular flexibility index (Phi) is 7.85. The number of hydrogen-bond donors (Lipinski definition) is 2.